The lowest BCUT2D eigenvalue weighted by Crippen LogP contribution is -2.16. The van der Waals surface area contributed by atoms with Crippen molar-refractivity contribution in [2.75, 3.05) is 0 Å². The molecule has 0 amide bonds. The molecule has 0 heterocycles. The molecule has 2 aromatic carbocycles. The normalized spacial score (nSPS) is 14.2. The van der Waals surface area contributed by atoms with Crippen LogP contribution < -0.4 is 10.1 Å². The number of hydrogen-bond donors (Lipinski definition) is 1. The summed E-state index contributed by atoms with van der Waals surface area (Å²) in [4.78, 5) is 0. The maximum Gasteiger partial charge on any atom is 0.167 e. The molecule has 21 heavy (non-hydrogen) atoms. The molecule has 1 saturated carbocycles. The molecule has 0 aliphatic heterocycles. The van der Waals surface area contributed by atoms with E-state index < -0.39 is 11.6 Å². The molecule has 0 saturated heterocycles. The highest BCUT2D eigenvalue weighted by atomic mass is 79.9. The van der Waals surface area contributed by atoms with Crippen molar-refractivity contribution in [1.29, 1.82) is 0 Å². The Bertz CT molecular complexity index is 659. The van der Waals surface area contributed by atoms with Gasteiger partial charge in [0.05, 0.1) is 0 Å². The maximum atomic E-state index is 14.0. The van der Waals surface area contributed by atoms with Gasteiger partial charge in [-0.1, -0.05) is 28.1 Å². The number of nitrogens with one attached hydrogen (secondary N) is 1. The largest absolute Gasteiger partial charge is 0.451 e. The lowest BCUT2D eigenvalue weighted by Gasteiger charge is -2.13. The standard InChI is InChI=1S/C16H14BrF2NO/c17-11-4-7-13(18)15(8-11)21-16-10(2-1-3-14(16)19)9-20-12-5-6-12/h1-4,7-8,12,20H,5-6,9H2. The molecule has 0 spiro atoms. The van der Waals surface area contributed by atoms with Gasteiger partial charge in [0.2, 0.25) is 0 Å². The Morgan fingerprint density at radius 2 is 1.95 bits per heavy atom. The molecule has 110 valence electrons. The van der Waals surface area contributed by atoms with E-state index in [0.29, 0.717) is 22.6 Å². The fourth-order valence-corrected chi connectivity index (χ4v) is 2.35. The fourth-order valence-electron chi connectivity index (χ4n) is 2.01. The van der Waals surface area contributed by atoms with Gasteiger partial charge in [0.25, 0.3) is 0 Å². The summed E-state index contributed by atoms with van der Waals surface area (Å²) in [7, 11) is 0. The van der Waals surface area contributed by atoms with Crippen LogP contribution in [0.2, 0.25) is 0 Å². The summed E-state index contributed by atoms with van der Waals surface area (Å²) in [5.74, 6) is -0.947. The Morgan fingerprint density at radius 3 is 2.71 bits per heavy atom. The third-order valence-electron chi connectivity index (χ3n) is 3.31. The van der Waals surface area contributed by atoms with E-state index in [-0.39, 0.29) is 11.5 Å². The fraction of sp³-hybridized carbons (Fsp3) is 0.250. The first-order chi connectivity index (χ1) is 10.1. The molecule has 0 unspecified atom stereocenters. The summed E-state index contributed by atoms with van der Waals surface area (Å²) >= 11 is 3.25. The molecule has 1 N–H and O–H groups in total. The first kappa shape index (κ1) is 14.5. The van der Waals surface area contributed by atoms with Gasteiger partial charge in [0.1, 0.15) is 0 Å². The van der Waals surface area contributed by atoms with Crippen LogP contribution in [0.25, 0.3) is 0 Å². The molecule has 1 aliphatic carbocycles. The Hall–Kier alpha value is -1.46. The third-order valence-corrected chi connectivity index (χ3v) is 3.81. The SMILES string of the molecule is Fc1ccc(Br)cc1Oc1c(F)cccc1CNC1CC1. The second-order valence-corrected chi connectivity index (χ2v) is 5.98. The van der Waals surface area contributed by atoms with Crippen molar-refractivity contribution in [3.63, 3.8) is 0 Å². The topological polar surface area (TPSA) is 21.3 Å². The Kier molecular flexibility index (Phi) is 4.22. The molecular weight excluding hydrogens is 340 g/mol. The number of halogens is 3. The Labute approximate surface area is 130 Å². The van der Waals surface area contributed by atoms with Crippen molar-refractivity contribution in [2.24, 2.45) is 0 Å². The smallest absolute Gasteiger partial charge is 0.167 e. The predicted molar refractivity (Wildman–Crippen MR) is 80.4 cm³/mol. The van der Waals surface area contributed by atoms with Gasteiger partial charge in [-0.2, -0.15) is 0 Å². The van der Waals surface area contributed by atoms with Gasteiger partial charge in [-0.15, -0.1) is 0 Å². The number of hydrogen-bond acceptors (Lipinski definition) is 2. The number of para-hydroxylation sites is 1. The zero-order valence-corrected chi connectivity index (χ0v) is 12.8. The van der Waals surface area contributed by atoms with E-state index in [0.717, 1.165) is 12.8 Å². The monoisotopic (exact) mass is 353 g/mol. The average Bonchev–Trinajstić information content (AvgIpc) is 3.27. The molecule has 0 radical (unpaired) electrons. The van der Waals surface area contributed by atoms with Crippen LogP contribution in [0.15, 0.2) is 40.9 Å². The summed E-state index contributed by atoms with van der Waals surface area (Å²) in [6.07, 6.45) is 2.29. The lowest BCUT2D eigenvalue weighted by atomic mass is 10.2. The molecule has 0 atom stereocenters. The van der Waals surface area contributed by atoms with E-state index in [4.69, 9.17) is 4.74 Å². The minimum atomic E-state index is -0.525. The van der Waals surface area contributed by atoms with Gasteiger partial charge in [0, 0.05) is 22.6 Å². The lowest BCUT2D eigenvalue weighted by molar-refractivity contribution is 0.407. The summed E-state index contributed by atoms with van der Waals surface area (Å²) in [6, 6.07) is 9.56. The second kappa shape index (κ2) is 6.12. The van der Waals surface area contributed by atoms with Gasteiger partial charge in [0.15, 0.2) is 23.1 Å². The summed E-state index contributed by atoms with van der Waals surface area (Å²) in [5, 5.41) is 3.30. The zero-order valence-electron chi connectivity index (χ0n) is 11.2. The molecule has 1 aliphatic rings. The Morgan fingerprint density at radius 1 is 1.14 bits per heavy atom. The highest BCUT2D eigenvalue weighted by Crippen LogP contribution is 2.32. The summed E-state index contributed by atoms with van der Waals surface area (Å²) in [5.41, 5.74) is 0.682. The van der Waals surface area contributed by atoms with Crippen LogP contribution >= 0.6 is 15.9 Å². The molecule has 1 fully saturated rings. The van der Waals surface area contributed by atoms with E-state index in [2.05, 4.69) is 21.2 Å². The molecule has 0 aromatic heterocycles. The van der Waals surface area contributed by atoms with Crippen LogP contribution in [0.1, 0.15) is 18.4 Å². The minimum Gasteiger partial charge on any atom is -0.451 e. The molecular formula is C16H14BrF2NO. The molecule has 3 rings (SSSR count). The molecule has 2 aromatic rings. The van der Waals surface area contributed by atoms with Gasteiger partial charge < -0.3 is 10.1 Å². The van der Waals surface area contributed by atoms with Crippen LogP contribution in [0.4, 0.5) is 8.78 Å². The maximum absolute atomic E-state index is 14.0. The number of benzene rings is 2. The van der Waals surface area contributed by atoms with Crippen molar-refractivity contribution in [3.05, 3.63) is 58.1 Å². The zero-order chi connectivity index (χ0) is 14.8. The van der Waals surface area contributed by atoms with E-state index in [9.17, 15) is 8.78 Å². The van der Waals surface area contributed by atoms with Crippen molar-refractivity contribution < 1.29 is 13.5 Å². The van der Waals surface area contributed by atoms with Crippen LogP contribution in [0, 0.1) is 11.6 Å². The van der Waals surface area contributed by atoms with Gasteiger partial charge >= 0.3 is 0 Å². The Balaban J connectivity index is 1.87. The summed E-state index contributed by atoms with van der Waals surface area (Å²) < 4.78 is 33.9. The van der Waals surface area contributed by atoms with Gasteiger partial charge in [-0.25, -0.2) is 8.78 Å². The molecule has 0 bridgehead atoms. The average molecular weight is 354 g/mol. The molecule has 2 nitrogen and oxygen atoms in total. The highest BCUT2D eigenvalue weighted by Gasteiger charge is 2.21. The van der Waals surface area contributed by atoms with Crippen molar-refractivity contribution >= 4 is 15.9 Å². The quantitative estimate of drug-likeness (QED) is 0.835. The van der Waals surface area contributed by atoms with E-state index in [1.165, 1.54) is 18.2 Å². The predicted octanol–water partition coefficient (Wildman–Crippen LogP) is 4.77. The van der Waals surface area contributed by atoms with Crippen LogP contribution in [-0.2, 0) is 6.54 Å². The highest BCUT2D eigenvalue weighted by molar-refractivity contribution is 9.10. The first-order valence-corrected chi connectivity index (χ1v) is 7.56. The van der Waals surface area contributed by atoms with E-state index >= 15 is 0 Å². The minimum absolute atomic E-state index is 0.00199. The number of rotatable bonds is 5. The summed E-state index contributed by atoms with van der Waals surface area (Å²) in [6.45, 7) is 0.507. The number of ether oxygens (including phenoxy) is 1. The van der Waals surface area contributed by atoms with Crippen molar-refractivity contribution in [3.8, 4) is 11.5 Å². The first-order valence-electron chi connectivity index (χ1n) is 6.77. The van der Waals surface area contributed by atoms with E-state index in [1.54, 1.807) is 18.2 Å². The van der Waals surface area contributed by atoms with Crippen molar-refractivity contribution in [2.45, 2.75) is 25.4 Å². The third kappa shape index (κ3) is 3.60. The van der Waals surface area contributed by atoms with Crippen LogP contribution in [-0.4, -0.2) is 6.04 Å². The second-order valence-electron chi connectivity index (χ2n) is 5.06. The van der Waals surface area contributed by atoms with E-state index in [1.807, 2.05) is 0 Å². The molecule has 5 heteroatoms. The van der Waals surface area contributed by atoms with Gasteiger partial charge in [-0.3, -0.25) is 0 Å². The van der Waals surface area contributed by atoms with Crippen LogP contribution in [0.5, 0.6) is 11.5 Å². The van der Waals surface area contributed by atoms with Gasteiger partial charge in [-0.05, 0) is 37.1 Å². The van der Waals surface area contributed by atoms with Crippen LogP contribution in [0.3, 0.4) is 0 Å². The van der Waals surface area contributed by atoms with Crippen molar-refractivity contribution in [1.82, 2.24) is 5.32 Å².